The van der Waals surface area contributed by atoms with E-state index in [1.165, 1.54) is 14.0 Å². The summed E-state index contributed by atoms with van der Waals surface area (Å²) in [6.45, 7) is 0. The van der Waals surface area contributed by atoms with Crippen LogP contribution in [0.15, 0.2) is 29.6 Å². The van der Waals surface area contributed by atoms with E-state index < -0.39 is 0 Å². The monoisotopic (exact) mass is 460 g/mol. The van der Waals surface area contributed by atoms with E-state index in [2.05, 4.69) is 50.0 Å². The lowest BCUT2D eigenvalue weighted by Gasteiger charge is -2.08. The van der Waals surface area contributed by atoms with Crippen molar-refractivity contribution in [3.63, 3.8) is 0 Å². The summed E-state index contributed by atoms with van der Waals surface area (Å²) in [5.41, 5.74) is 2.49. The normalized spacial score (nSPS) is 12.7. The number of rotatable bonds is 3. The van der Waals surface area contributed by atoms with Gasteiger partial charge in [0.15, 0.2) is 0 Å². The summed E-state index contributed by atoms with van der Waals surface area (Å²) >= 11 is 19.7. The molecule has 2 aromatic rings. The standard InChI is InChI=1S/C12H8BrCl2IS/c13-9(8-5-12(16)17-6-8)3-7-1-2-10(14)11(15)4-7/h1-2,4-6,9H,3H2. The second-order valence-electron chi connectivity index (χ2n) is 3.60. The Kier molecular flexibility index (Phi) is 5.18. The van der Waals surface area contributed by atoms with Gasteiger partial charge in [0, 0.05) is 4.83 Å². The lowest BCUT2D eigenvalue weighted by molar-refractivity contribution is 0.954. The highest BCUT2D eigenvalue weighted by molar-refractivity contribution is 14.1. The topological polar surface area (TPSA) is 0 Å². The minimum absolute atomic E-state index is 0.319. The molecule has 0 fully saturated rings. The number of thiophene rings is 1. The fraction of sp³-hybridized carbons (Fsp3) is 0.167. The molecule has 1 aromatic carbocycles. The zero-order chi connectivity index (χ0) is 12.4. The Morgan fingerprint density at radius 2 is 2.00 bits per heavy atom. The quantitative estimate of drug-likeness (QED) is 0.369. The van der Waals surface area contributed by atoms with E-state index in [4.69, 9.17) is 23.2 Å². The van der Waals surface area contributed by atoms with Gasteiger partial charge < -0.3 is 0 Å². The van der Waals surface area contributed by atoms with Crippen molar-refractivity contribution in [3.05, 3.63) is 53.7 Å². The molecule has 0 aliphatic heterocycles. The number of alkyl halides is 1. The van der Waals surface area contributed by atoms with Crippen molar-refractivity contribution in [2.75, 3.05) is 0 Å². The van der Waals surface area contributed by atoms with E-state index in [0.29, 0.717) is 14.9 Å². The van der Waals surface area contributed by atoms with Crippen molar-refractivity contribution in [1.29, 1.82) is 0 Å². The Balaban J connectivity index is 2.12. The Morgan fingerprint density at radius 3 is 2.59 bits per heavy atom. The first-order chi connectivity index (χ1) is 8.06. The Bertz CT molecular complexity index is 527. The highest BCUT2D eigenvalue weighted by Crippen LogP contribution is 2.32. The van der Waals surface area contributed by atoms with Gasteiger partial charge in [-0.25, -0.2) is 0 Å². The third-order valence-corrected chi connectivity index (χ3v) is 5.75. The number of benzene rings is 1. The van der Waals surface area contributed by atoms with Gasteiger partial charge in [-0.1, -0.05) is 45.2 Å². The van der Waals surface area contributed by atoms with Crippen molar-refractivity contribution in [2.24, 2.45) is 0 Å². The summed E-state index contributed by atoms with van der Waals surface area (Å²) in [4.78, 5) is 0.319. The lowest BCUT2D eigenvalue weighted by Crippen LogP contribution is -1.93. The van der Waals surface area contributed by atoms with Crippen LogP contribution in [0.25, 0.3) is 0 Å². The second-order valence-corrected chi connectivity index (χ2v) is 8.33. The summed E-state index contributed by atoms with van der Waals surface area (Å²) in [6.07, 6.45) is 0.906. The molecule has 1 heterocycles. The van der Waals surface area contributed by atoms with E-state index >= 15 is 0 Å². The summed E-state index contributed by atoms with van der Waals surface area (Å²) in [6, 6.07) is 7.98. The molecule has 1 unspecified atom stereocenters. The van der Waals surface area contributed by atoms with Gasteiger partial charge >= 0.3 is 0 Å². The molecule has 0 bridgehead atoms. The van der Waals surface area contributed by atoms with E-state index in [-0.39, 0.29) is 0 Å². The van der Waals surface area contributed by atoms with E-state index in [9.17, 15) is 0 Å². The average molecular weight is 462 g/mol. The molecule has 0 N–H and O–H groups in total. The summed E-state index contributed by atoms with van der Waals surface area (Å²) in [7, 11) is 0. The first-order valence-electron chi connectivity index (χ1n) is 4.88. The molecule has 2 rings (SSSR count). The summed E-state index contributed by atoms with van der Waals surface area (Å²) in [5, 5.41) is 3.40. The number of hydrogen-bond acceptors (Lipinski definition) is 1. The first-order valence-corrected chi connectivity index (χ1v) is 8.51. The molecule has 0 saturated carbocycles. The van der Waals surface area contributed by atoms with Crippen molar-refractivity contribution in [2.45, 2.75) is 11.2 Å². The summed E-state index contributed by atoms with van der Waals surface area (Å²) in [5.74, 6) is 0. The maximum Gasteiger partial charge on any atom is 0.0656 e. The van der Waals surface area contributed by atoms with Crippen LogP contribution in [0.5, 0.6) is 0 Å². The molecular formula is C12H8BrCl2IS. The molecule has 0 spiro atoms. The molecule has 5 heteroatoms. The maximum absolute atomic E-state index is 6.00. The molecule has 0 amide bonds. The minimum atomic E-state index is 0.319. The molecule has 1 aromatic heterocycles. The largest absolute Gasteiger partial charge is 0.137 e. The predicted molar refractivity (Wildman–Crippen MR) is 88.9 cm³/mol. The molecule has 0 aliphatic carbocycles. The molecule has 0 radical (unpaired) electrons. The highest BCUT2D eigenvalue weighted by atomic mass is 127. The van der Waals surface area contributed by atoms with Crippen LogP contribution >= 0.6 is 73.1 Å². The van der Waals surface area contributed by atoms with Gasteiger partial charge in [-0.3, -0.25) is 0 Å². The van der Waals surface area contributed by atoms with Crippen LogP contribution in [-0.2, 0) is 6.42 Å². The first kappa shape index (κ1) is 14.1. The molecule has 0 aliphatic rings. The van der Waals surface area contributed by atoms with E-state index in [1.807, 2.05) is 18.2 Å². The molecule has 0 nitrogen and oxygen atoms in total. The molecule has 0 saturated heterocycles. The molecule has 90 valence electrons. The average Bonchev–Trinajstić information content (AvgIpc) is 2.70. The van der Waals surface area contributed by atoms with Crippen LogP contribution in [0.4, 0.5) is 0 Å². The van der Waals surface area contributed by atoms with Crippen molar-refractivity contribution in [3.8, 4) is 0 Å². The Hall–Kier alpha value is 0.710. The van der Waals surface area contributed by atoms with Crippen molar-refractivity contribution in [1.82, 2.24) is 0 Å². The van der Waals surface area contributed by atoms with Crippen LogP contribution < -0.4 is 0 Å². The minimum Gasteiger partial charge on any atom is -0.137 e. The van der Waals surface area contributed by atoms with Crippen LogP contribution in [0.3, 0.4) is 0 Å². The van der Waals surface area contributed by atoms with Gasteiger partial charge in [0.05, 0.1) is 12.9 Å². The van der Waals surface area contributed by atoms with E-state index in [1.54, 1.807) is 11.3 Å². The van der Waals surface area contributed by atoms with Crippen LogP contribution in [0.1, 0.15) is 16.0 Å². The Labute approximate surface area is 137 Å². The second kappa shape index (κ2) is 6.24. The fourth-order valence-electron chi connectivity index (χ4n) is 1.48. The zero-order valence-corrected chi connectivity index (χ0v) is 14.7. The number of hydrogen-bond donors (Lipinski definition) is 0. The molecule has 17 heavy (non-hydrogen) atoms. The van der Waals surface area contributed by atoms with Crippen molar-refractivity contribution >= 4 is 73.1 Å². The fourth-order valence-corrected chi connectivity index (χ4v) is 4.04. The summed E-state index contributed by atoms with van der Waals surface area (Å²) < 4.78 is 1.30. The van der Waals surface area contributed by atoms with Crippen LogP contribution in [0.2, 0.25) is 10.0 Å². The van der Waals surface area contributed by atoms with Gasteiger partial charge in [-0.15, -0.1) is 11.3 Å². The van der Waals surface area contributed by atoms with Gasteiger partial charge in [0.2, 0.25) is 0 Å². The third-order valence-electron chi connectivity index (χ3n) is 2.35. The molecule has 1 atom stereocenters. The van der Waals surface area contributed by atoms with Gasteiger partial charge in [0.25, 0.3) is 0 Å². The van der Waals surface area contributed by atoms with Gasteiger partial charge in [-0.05, 0) is 63.7 Å². The van der Waals surface area contributed by atoms with Gasteiger partial charge in [-0.2, -0.15) is 0 Å². The predicted octanol–water partition coefficient (Wildman–Crippen LogP) is 6.34. The van der Waals surface area contributed by atoms with Crippen LogP contribution in [0, 0.1) is 2.88 Å². The smallest absolute Gasteiger partial charge is 0.0656 e. The lowest BCUT2D eigenvalue weighted by atomic mass is 10.1. The molecular weight excluding hydrogens is 454 g/mol. The Morgan fingerprint density at radius 1 is 1.24 bits per heavy atom. The van der Waals surface area contributed by atoms with Gasteiger partial charge in [0.1, 0.15) is 0 Å². The third kappa shape index (κ3) is 3.83. The van der Waals surface area contributed by atoms with Crippen molar-refractivity contribution < 1.29 is 0 Å². The maximum atomic E-state index is 6.00. The highest BCUT2D eigenvalue weighted by Gasteiger charge is 2.11. The number of halogens is 4. The van der Waals surface area contributed by atoms with E-state index in [0.717, 1.165) is 6.42 Å². The SMILES string of the molecule is Clc1ccc(CC(Br)c2csc(I)c2)cc1Cl. The zero-order valence-electron chi connectivity index (χ0n) is 8.59. The van der Waals surface area contributed by atoms with Crippen LogP contribution in [-0.4, -0.2) is 0 Å².